The Balaban J connectivity index is 1.70. The molecule has 1 N–H and O–H groups in total. The zero-order chi connectivity index (χ0) is 10.8. The first-order chi connectivity index (χ1) is 7.93. The maximum absolute atomic E-state index is 3.61. The summed E-state index contributed by atoms with van der Waals surface area (Å²) >= 11 is 2.06. The summed E-state index contributed by atoms with van der Waals surface area (Å²) in [6.07, 6.45) is 4.02. The molecule has 2 saturated heterocycles. The SMILES string of the molecule is c1cc(C2CCCCN2)ccc1C1CSC1. The zero-order valence-corrected chi connectivity index (χ0v) is 10.4. The van der Waals surface area contributed by atoms with Gasteiger partial charge in [0.2, 0.25) is 0 Å². The summed E-state index contributed by atoms with van der Waals surface area (Å²) in [7, 11) is 0. The van der Waals surface area contributed by atoms with Crippen molar-refractivity contribution in [3.8, 4) is 0 Å². The van der Waals surface area contributed by atoms with Gasteiger partial charge in [-0.15, -0.1) is 0 Å². The van der Waals surface area contributed by atoms with Gasteiger partial charge in [-0.2, -0.15) is 11.8 Å². The van der Waals surface area contributed by atoms with Crippen molar-refractivity contribution in [2.75, 3.05) is 18.1 Å². The van der Waals surface area contributed by atoms with E-state index in [1.54, 1.807) is 5.56 Å². The van der Waals surface area contributed by atoms with Gasteiger partial charge in [0, 0.05) is 23.5 Å². The number of hydrogen-bond donors (Lipinski definition) is 1. The molecule has 86 valence electrons. The summed E-state index contributed by atoms with van der Waals surface area (Å²) in [5.41, 5.74) is 3.02. The quantitative estimate of drug-likeness (QED) is 0.841. The standard InChI is InChI=1S/C14H19NS/c1-2-8-15-14(3-1)12-6-4-11(5-7-12)13-9-16-10-13/h4-7,13-15H,1-3,8-10H2. The van der Waals surface area contributed by atoms with Crippen molar-refractivity contribution in [1.82, 2.24) is 5.32 Å². The molecule has 16 heavy (non-hydrogen) atoms. The predicted molar refractivity (Wildman–Crippen MR) is 71.1 cm³/mol. The Morgan fingerprint density at radius 3 is 2.31 bits per heavy atom. The topological polar surface area (TPSA) is 12.0 Å². The average Bonchev–Trinajstić information content (AvgIpc) is 2.29. The second kappa shape index (κ2) is 4.80. The highest BCUT2D eigenvalue weighted by atomic mass is 32.2. The fourth-order valence-corrected chi connectivity index (χ4v) is 3.42. The van der Waals surface area contributed by atoms with E-state index in [0.717, 1.165) is 5.92 Å². The Bertz CT molecular complexity index is 336. The molecular formula is C14H19NS. The summed E-state index contributed by atoms with van der Waals surface area (Å²) in [5, 5.41) is 3.61. The number of benzene rings is 1. The summed E-state index contributed by atoms with van der Waals surface area (Å²) in [6.45, 7) is 1.19. The molecule has 2 aliphatic rings. The van der Waals surface area contributed by atoms with Crippen molar-refractivity contribution >= 4 is 11.8 Å². The van der Waals surface area contributed by atoms with E-state index in [1.165, 1.54) is 42.9 Å². The van der Waals surface area contributed by atoms with Gasteiger partial charge >= 0.3 is 0 Å². The fourth-order valence-electron chi connectivity index (χ4n) is 2.56. The van der Waals surface area contributed by atoms with E-state index in [4.69, 9.17) is 0 Å². The molecule has 0 aliphatic carbocycles. The normalized spacial score (nSPS) is 26.4. The Kier molecular flexibility index (Phi) is 3.20. The highest BCUT2D eigenvalue weighted by Crippen LogP contribution is 2.34. The van der Waals surface area contributed by atoms with Gasteiger partial charge in [-0.3, -0.25) is 0 Å². The number of piperidine rings is 1. The minimum Gasteiger partial charge on any atom is -0.310 e. The third-order valence-corrected chi connectivity index (χ3v) is 5.03. The van der Waals surface area contributed by atoms with Crippen LogP contribution < -0.4 is 5.32 Å². The largest absolute Gasteiger partial charge is 0.310 e. The number of nitrogens with one attached hydrogen (secondary N) is 1. The summed E-state index contributed by atoms with van der Waals surface area (Å²) in [5.74, 6) is 3.47. The van der Waals surface area contributed by atoms with Gasteiger partial charge in [0.15, 0.2) is 0 Å². The molecule has 0 bridgehead atoms. The molecule has 0 radical (unpaired) electrons. The van der Waals surface area contributed by atoms with Gasteiger partial charge in [-0.1, -0.05) is 30.7 Å². The van der Waals surface area contributed by atoms with E-state index in [-0.39, 0.29) is 0 Å². The van der Waals surface area contributed by atoms with Crippen molar-refractivity contribution < 1.29 is 0 Å². The van der Waals surface area contributed by atoms with Gasteiger partial charge in [-0.25, -0.2) is 0 Å². The fraction of sp³-hybridized carbons (Fsp3) is 0.571. The molecule has 1 nitrogen and oxygen atoms in total. The molecule has 2 aliphatic heterocycles. The van der Waals surface area contributed by atoms with Gasteiger partial charge in [0.1, 0.15) is 0 Å². The second-order valence-corrected chi connectivity index (χ2v) is 5.98. The van der Waals surface area contributed by atoms with Crippen LogP contribution >= 0.6 is 11.8 Å². The lowest BCUT2D eigenvalue weighted by Gasteiger charge is -2.27. The van der Waals surface area contributed by atoms with E-state index in [2.05, 4.69) is 41.3 Å². The highest BCUT2D eigenvalue weighted by molar-refractivity contribution is 8.00. The second-order valence-electron chi connectivity index (χ2n) is 4.90. The van der Waals surface area contributed by atoms with Crippen LogP contribution in [-0.4, -0.2) is 18.1 Å². The zero-order valence-electron chi connectivity index (χ0n) is 9.61. The first-order valence-corrected chi connectivity index (χ1v) is 7.50. The van der Waals surface area contributed by atoms with E-state index in [0.29, 0.717) is 6.04 Å². The van der Waals surface area contributed by atoms with E-state index < -0.39 is 0 Å². The summed E-state index contributed by atoms with van der Waals surface area (Å²) < 4.78 is 0. The molecule has 0 spiro atoms. The summed E-state index contributed by atoms with van der Waals surface area (Å²) in [6, 6.07) is 9.97. The van der Waals surface area contributed by atoms with Gasteiger partial charge in [-0.05, 0) is 30.5 Å². The van der Waals surface area contributed by atoms with Crippen LogP contribution in [-0.2, 0) is 0 Å². The van der Waals surface area contributed by atoms with Crippen LogP contribution in [0.15, 0.2) is 24.3 Å². The predicted octanol–water partition coefficient (Wildman–Crippen LogP) is 3.33. The lowest BCUT2D eigenvalue weighted by molar-refractivity contribution is 0.412. The number of thioether (sulfide) groups is 1. The first kappa shape index (κ1) is 10.7. The molecule has 0 aromatic heterocycles. The molecule has 2 heteroatoms. The van der Waals surface area contributed by atoms with E-state index in [1.807, 2.05) is 0 Å². The van der Waals surface area contributed by atoms with Gasteiger partial charge in [0.05, 0.1) is 0 Å². The molecule has 1 atom stereocenters. The minimum atomic E-state index is 0.610. The van der Waals surface area contributed by atoms with Crippen molar-refractivity contribution in [3.63, 3.8) is 0 Å². The third-order valence-electron chi connectivity index (χ3n) is 3.76. The van der Waals surface area contributed by atoms with Gasteiger partial charge < -0.3 is 5.32 Å². The Morgan fingerprint density at radius 2 is 1.75 bits per heavy atom. The molecule has 2 fully saturated rings. The third kappa shape index (κ3) is 2.14. The maximum Gasteiger partial charge on any atom is 0.0320 e. The van der Waals surface area contributed by atoms with Crippen LogP contribution in [0.1, 0.15) is 42.3 Å². The monoisotopic (exact) mass is 233 g/mol. The van der Waals surface area contributed by atoms with Crippen LogP contribution in [0.4, 0.5) is 0 Å². The van der Waals surface area contributed by atoms with Crippen molar-refractivity contribution in [1.29, 1.82) is 0 Å². The highest BCUT2D eigenvalue weighted by Gasteiger charge is 2.20. The molecular weight excluding hydrogens is 214 g/mol. The average molecular weight is 233 g/mol. The molecule has 0 amide bonds. The Labute approximate surface area is 102 Å². The Hall–Kier alpha value is -0.470. The van der Waals surface area contributed by atoms with Crippen LogP contribution in [0.2, 0.25) is 0 Å². The van der Waals surface area contributed by atoms with E-state index >= 15 is 0 Å². The molecule has 1 unspecified atom stereocenters. The van der Waals surface area contributed by atoms with Crippen LogP contribution in [0.3, 0.4) is 0 Å². The molecule has 1 aromatic rings. The van der Waals surface area contributed by atoms with Crippen LogP contribution in [0.5, 0.6) is 0 Å². The maximum atomic E-state index is 3.61. The van der Waals surface area contributed by atoms with Crippen LogP contribution in [0, 0.1) is 0 Å². The lowest BCUT2D eigenvalue weighted by atomic mass is 9.94. The number of rotatable bonds is 2. The van der Waals surface area contributed by atoms with E-state index in [9.17, 15) is 0 Å². The summed E-state index contributed by atoms with van der Waals surface area (Å²) in [4.78, 5) is 0. The lowest BCUT2D eigenvalue weighted by Crippen LogP contribution is -2.26. The molecule has 0 saturated carbocycles. The smallest absolute Gasteiger partial charge is 0.0320 e. The van der Waals surface area contributed by atoms with Crippen molar-refractivity contribution in [2.24, 2.45) is 0 Å². The molecule has 2 heterocycles. The van der Waals surface area contributed by atoms with Gasteiger partial charge in [0.25, 0.3) is 0 Å². The Morgan fingerprint density at radius 1 is 1.00 bits per heavy atom. The number of hydrogen-bond acceptors (Lipinski definition) is 2. The van der Waals surface area contributed by atoms with Crippen molar-refractivity contribution in [2.45, 2.75) is 31.2 Å². The minimum absolute atomic E-state index is 0.610. The molecule has 3 rings (SSSR count). The molecule has 1 aromatic carbocycles. The van der Waals surface area contributed by atoms with Crippen molar-refractivity contribution in [3.05, 3.63) is 35.4 Å². The van der Waals surface area contributed by atoms with Crippen LogP contribution in [0.25, 0.3) is 0 Å². The first-order valence-electron chi connectivity index (χ1n) is 6.34.